The van der Waals surface area contributed by atoms with Crippen molar-refractivity contribution in [3.05, 3.63) is 40.1 Å². The lowest BCUT2D eigenvalue weighted by Gasteiger charge is -2.22. The van der Waals surface area contributed by atoms with Gasteiger partial charge in [-0.3, -0.25) is 0 Å². The molecular formula is C11H14N2OS. The molecule has 1 atom stereocenters. The van der Waals surface area contributed by atoms with Gasteiger partial charge in [-0.25, -0.2) is 4.98 Å². The minimum atomic E-state index is -1.00. The van der Waals surface area contributed by atoms with E-state index >= 15 is 0 Å². The summed E-state index contributed by atoms with van der Waals surface area (Å²) in [5, 5.41) is 12.5. The predicted octanol–water partition coefficient (Wildman–Crippen LogP) is 2.05. The molecule has 0 aliphatic heterocycles. The average Bonchev–Trinajstić information content (AvgIpc) is 2.73. The molecule has 0 bridgehead atoms. The van der Waals surface area contributed by atoms with E-state index in [1.165, 1.54) is 0 Å². The van der Waals surface area contributed by atoms with Crippen molar-refractivity contribution >= 4 is 11.3 Å². The van der Waals surface area contributed by atoms with E-state index < -0.39 is 5.60 Å². The molecule has 0 radical (unpaired) electrons. The molecule has 0 aromatic carbocycles. The van der Waals surface area contributed by atoms with Gasteiger partial charge in [0.25, 0.3) is 0 Å². The fourth-order valence-electron chi connectivity index (χ4n) is 1.81. The van der Waals surface area contributed by atoms with Crippen LogP contribution in [-0.4, -0.2) is 14.7 Å². The summed E-state index contributed by atoms with van der Waals surface area (Å²) in [5.74, 6) is 0.674. The van der Waals surface area contributed by atoms with Crippen LogP contribution < -0.4 is 0 Å². The maximum atomic E-state index is 10.5. The summed E-state index contributed by atoms with van der Waals surface area (Å²) in [7, 11) is 1.89. The van der Waals surface area contributed by atoms with Gasteiger partial charge in [-0.05, 0) is 30.9 Å². The van der Waals surface area contributed by atoms with E-state index in [9.17, 15) is 5.11 Å². The smallest absolute Gasteiger partial charge is 0.154 e. The number of nitrogens with zero attached hydrogens (tertiary/aromatic N) is 2. The SMILES string of the molecule is Cc1ccsc1C(C)(O)c1nccn1C. The molecule has 3 nitrogen and oxygen atoms in total. The quantitative estimate of drug-likeness (QED) is 0.844. The average molecular weight is 222 g/mol. The van der Waals surface area contributed by atoms with Crippen LogP contribution in [0.5, 0.6) is 0 Å². The Morgan fingerprint density at radius 3 is 2.73 bits per heavy atom. The first-order chi connectivity index (χ1) is 7.03. The monoisotopic (exact) mass is 222 g/mol. The van der Waals surface area contributed by atoms with Crippen molar-refractivity contribution in [3.8, 4) is 0 Å². The van der Waals surface area contributed by atoms with Gasteiger partial charge in [0.05, 0.1) is 0 Å². The summed E-state index contributed by atoms with van der Waals surface area (Å²) < 4.78 is 1.85. The molecule has 0 fully saturated rings. The van der Waals surface area contributed by atoms with Gasteiger partial charge in [0.1, 0.15) is 5.82 Å². The van der Waals surface area contributed by atoms with E-state index in [1.807, 2.05) is 36.2 Å². The first-order valence-electron chi connectivity index (χ1n) is 4.78. The van der Waals surface area contributed by atoms with E-state index in [0.717, 1.165) is 10.4 Å². The van der Waals surface area contributed by atoms with Crippen molar-refractivity contribution in [2.75, 3.05) is 0 Å². The minimum Gasteiger partial charge on any atom is -0.377 e. The molecule has 0 spiro atoms. The highest BCUT2D eigenvalue weighted by atomic mass is 32.1. The summed E-state index contributed by atoms with van der Waals surface area (Å²) in [5.41, 5.74) is 0.101. The van der Waals surface area contributed by atoms with Crippen LogP contribution in [0.15, 0.2) is 23.8 Å². The van der Waals surface area contributed by atoms with Crippen molar-refractivity contribution in [3.63, 3.8) is 0 Å². The molecule has 2 rings (SSSR count). The zero-order valence-corrected chi connectivity index (χ0v) is 9.88. The fraction of sp³-hybridized carbons (Fsp3) is 0.364. The summed E-state index contributed by atoms with van der Waals surface area (Å²) in [6.45, 7) is 3.79. The highest BCUT2D eigenvalue weighted by molar-refractivity contribution is 7.10. The highest BCUT2D eigenvalue weighted by Crippen LogP contribution is 2.33. The number of aryl methyl sites for hydroxylation is 2. The largest absolute Gasteiger partial charge is 0.377 e. The van der Waals surface area contributed by atoms with Gasteiger partial charge in [-0.2, -0.15) is 0 Å². The summed E-state index contributed by atoms with van der Waals surface area (Å²) in [6.07, 6.45) is 3.54. The molecule has 80 valence electrons. The van der Waals surface area contributed by atoms with E-state index in [0.29, 0.717) is 5.82 Å². The third-order valence-corrected chi connectivity index (χ3v) is 3.79. The zero-order valence-electron chi connectivity index (χ0n) is 9.06. The number of hydrogen-bond acceptors (Lipinski definition) is 3. The van der Waals surface area contributed by atoms with Crippen LogP contribution in [-0.2, 0) is 12.6 Å². The van der Waals surface area contributed by atoms with E-state index in [-0.39, 0.29) is 0 Å². The Morgan fingerprint density at radius 2 is 2.27 bits per heavy atom. The van der Waals surface area contributed by atoms with Gasteiger partial charge < -0.3 is 9.67 Å². The highest BCUT2D eigenvalue weighted by Gasteiger charge is 2.32. The number of aliphatic hydroxyl groups is 1. The first-order valence-corrected chi connectivity index (χ1v) is 5.66. The molecule has 0 amide bonds. The fourth-order valence-corrected chi connectivity index (χ4v) is 2.79. The molecule has 2 heterocycles. The van der Waals surface area contributed by atoms with Crippen LogP contribution in [0.1, 0.15) is 23.2 Å². The van der Waals surface area contributed by atoms with E-state index in [2.05, 4.69) is 4.98 Å². The van der Waals surface area contributed by atoms with Crippen molar-refractivity contribution in [1.82, 2.24) is 9.55 Å². The lowest BCUT2D eigenvalue weighted by Crippen LogP contribution is -2.26. The Balaban J connectivity index is 2.53. The number of imidazole rings is 1. The second-order valence-corrected chi connectivity index (χ2v) is 4.78. The van der Waals surface area contributed by atoms with Crippen LogP contribution >= 0.6 is 11.3 Å². The Kier molecular flexibility index (Phi) is 2.40. The molecule has 2 aromatic rings. The first kappa shape index (κ1) is 10.4. The van der Waals surface area contributed by atoms with Gasteiger partial charge in [0.2, 0.25) is 0 Å². The second-order valence-electron chi connectivity index (χ2n) is 3.87. The van der Waals surface area contributed by atoms with Crippen molar-refractivity contribution in [1.29, 1.82) is 0 Å². The van der Waals surface area contributed by atoms with Crippen LogP contribution in [0, 0.1) is 6.92 Å². The van der Waals surface area contributed by atoms with Gasteiger partial charge in [0, 0.05) is 24.3 Å². The number of thiophene rings is 1. The molecule has 0 saturated carbocycles. The molecule has 0 aliphatic carbocycles. The maximum absolute atomic E-state index is 10.5. The molecule has 1 N–H and O–H groups in total. The Labute approximate surface area is 93.0 Å². The minimum absolute atomic E-state index is 0.674. The predicted molar refractivity (Wildman–Crippen MR) is 60.9 cm³/mol. The van der Waals surface area contributed by atoms with E-state index in [4.69, 9.17) is 0 Å². The topological polar surface area (TPSA) is 38.1 Å². The standard InChI is InChI=1S/C11H14N2OS/c1-8-4-7-15-9(8)11(2,14)10-12-5-6-13(10)3/h4-7,14H,1-3H3. The summed E-state index contributed by atoms with van der Waals surface area (Å²) in [6, 6.07) is 2.01. The van der Waals surface area contributed by atoms with Crippen molar-refractivity contribution in [2.45, 2.75) is 19.4 Å². The normalized spacial score (nSPS) is 15.2. The van der Waals surface area contributed by atoms with Crippen molar-refractivity contribution in [2.24, 2.45) is 7.05 Å². The Hall–Kier alpha value is -1.13. The van der Waals surface area contributed by atoms with Crippen LogP contribution in [0.4, 0.5) is 0 Å². The Bertz CT molecular complexity index is 428. The molecule has 15 heavy (non-hydrogen) atoms. The molecule has 1 unspecified atom stereocenters. The second kappa shape index (κ2) is 3.47. The van der Waals surface area contributed by atoms with Crippen LogP contribution in [0.3, 0.4) is 0 Å². The van der Waals surface area contributed by atoms with Gasteiger partial charge >= 0.3 is 0 Å². The van der Waals surface area contributed by atoms with E-state index in [1.54, 1.807) is 24.5 Å². The number of rotatable bonds is 2. The summed E-state index contributed by atoms with van der Waals surface area (Å²) >= 11 is 1.56. The molecule has 2 aromatic heterocycles. The Morgan fingerprint density at radius 1 is 1.53 bits per heavy atom. The number of aromatic nitrogens is 2. The molecular weight excluding hydrogens is 208 g/mol. The summed E-state index contributed by atoms with van der Waals surface area (Å²) in [4.78, 5) is 5.16. The molecule has 4 heteroatoms. The lowest BCUT2D eigenvalue weighted by molar-refractivity contribution is 0.0924. The number of hydrogen-bond donors (Lipinski definition) is 1. The van der Waals surface area contributed by atoms with Gasteiger partial charge in [-0.15, -0.1) is 11.3 Å². The van der Waals surface area contributed by atoms with Crippen molar-refractivity contribution < 1.29 is 5.11 Å². The lowest BCUT2D eigenvalue weighted by atomic mass is 10.0. The van der Waals surface area contributed by atoms with Gasteiger partial charge in [0.15, 0.2) is 5.60 Å². The third kappa shape index (κ3) is 1.60. The maximum Gasteiger partial charge on any atom is 0.154 e. The van der Waals surface area contributed by atoms with Crippen LogP contribution in [0.2, 0.25) is 0 Å². The van der Waals surface area contributed by atoms with Crippen LogP contribution in [0.25, 0.3) is 0 Å². The van der Waals surface area contributed by atoms with Gasteiger partial charge in [-0.1, -0.05) is 0 Å². The molecule has 0 saturated heterocycles. The molecule has 0 aliphatic rings. The zero-order chi connectivity index (χ0) is 11.1. The third-order valence-electron chi connectivity index (χ3n) is 2.56.